The van der Waals surface area contributed by atoms with Gasteiger partial charge in [0.15, 0.2) is 0 Å². The lowest BCUT2D eigenvalue weighted by molar-refractivity contribution is 0.0956. The van der Waals surface area contributed by atoms with Crippen LogP contribution in [-0.4, -0.2) is 69.1 Å². The number of nitrogens with one attached hydrogen (secondary N) is 1. The summed E-state index contributed by atoms with van der Waals surface area (Å²) in [5, 5.41) is 2.91. The highest BCUT2D eigenvalue weighted by Crippen LogP contribution is 2.18. The Morgan fingerprint density at radius 1 is 1.00 bits per heavy atom. The first kappa shape index (κ1) is 22.8. The van der Waals surface area contributed by atoms with E-state index in [0.29, 0.717) is 30.8 Å². The van der Waals surface area contributed by atoms with E-state index in [-0.39, 0.29) is 11.7 Å². The first-order chi connectivity index (χ1) is 14.3. The van der Waals surface area contributed by atoms with Gasteiger partial charge in [-0.2, -0.15) is 4.31 Å². The fourth-order valence-electron chi connectivity index (χ4n) is 3.19. The van der Waals surface area contributed by atoms with E-state index < -0.39 is 10.0 Å². The molecule has 8 heteroatoms. The Morgan fingerprint density at radius 3 is 2.27 bits per heavy atom. The lowest BCUT2D eigenvalue weighted by Gasteiger charge is -2.31. The van der Waals surface area contributed by atoms with Gasteiger partial charge in [-0.1, -0.05) is 29.8 Å². The Labute approximate surface area is 183 Å². The topological polar surface area (TPSA) is 69.7 Å². The molecule has 1 amide bonds. The molecular weight excluding hydrogens is 418 g/mol. The third-order valence-electron chi connectivity index (χ3n) is 5.10. The molecule has 3 rings (SSSR count). The highest BCUT2D eigenvalue weighted by molar-refractivity contribution is 7.99. The zero-order chi connectivity index (χ0) is 21.6. The number of thioether (sulfide) groups is 1. The maximum Gasteiger partial charge on any atom is 0.251 e. The van der Waals surface area contributed by atoms with Crippen molar-refractivity contribution in [3.63, 3.8) is 0 Å². The molecule has 162 valence electrons. The number of carbonyl (C=O) groups is 1. The first-order valence-electron chi connectivity index (χ1n) is 10.1. The van der Waals surface area contributed by atoms with Gasteiger partial charge in [-0.05, 0) is 43.8 Å². The number of carbonyl (C=O) groups excluding carboxylic acids is 1. The maximum atomic E-state index is 12.6. The van der Waals surface area contributed by atoms with Gasteiger partial charge >= 0.3 is 0 Å². The molecule has 0 radical (unpaired) electrons. The van der Waals surface area contributed by atoms with Crippen LogP contribution in [0, 0.1) is 6.92 Å². The van der Waals surface area contributed by atoms with Crippen molar-refractivity contribution in [3.8, 4) is 0 Å². The second kappa shape index (κ2) is 10.4. The highest BCUT2D eigenvalue weighted by atomic mass is 32.2. The van der Waals surface area contributed by atoms with Crippen LogP contribution in [0.3, 0.4) is 0 Å². The van der Waals surface area contributed by atoms with Gasteiger partial charge in [-0.25, -0.2) is 8.42 Å². The molecule has 1 aliphatic heterocycles. The number of benzene rings is 2. The summed E-state index contributed by atoms with van der Waals surface area (Å²) in [6, 6.07) is 15.1. The van der Waals surface area contributed by atoms with Crippen molar-refractivity contribution in [3.05, 3.63) is 65.2 Å². The third-order valence-corrected chi connectivity index (χ3v) is 7.96. The van der Waals surface area contributed by atoms with Crippen LogP contribution in [0.1, 0.15) is 21.5 Å². The molecular formula is C22H29N3O3S2. The number of sulfonamides is 1. The molecule has 0 unspecified atom stereocenters. The molecule has 30 heavy (non-hydrogen) atoms. The quantitative estimate of drug-likeness (QED) is 0.498. The molecule has 1 saturated heterocycles. The Balaban J connectivity index is 1.46. The van der Waals surface area contributed by atoms with E-state index >= 15 is 0 Å². The summed E-state index contributed by atoms with van der Waals surface area (Å²) in [6.45, 7) is 5.18. The molecule has 1 fully saturated rings. The number of aryl methyl sites for hydroxylation is 1. The van der Waals surface area contributed by atoms with Gasteiger partial charge in [0.1, 0.15) is 0 Å². The molecule has 1 heterocycles. The largest absolute Gasteiger partial charge is 0.351 e. The van der Waals surface area contributed by atoms with Gasteiger partial charge in [0.25, 0.3) is 5.91 Å². The molecule has 0 spiro atoms. The fourth-order valence-corrected chi connectivity index (χ4v) is 5.47. The van der Waals surface area contributed by atoms with E-state index in [2.05, 4.69) is 41.4 Å². The maximum absolute atomic E-state index is 12.6. The molecule has 1 aliphatic rings. The summed E-state index contributed by atoms with van der Waals surface area (Å²) in [4.78, 5) is 15.6. The van der Waals surface area contributed by atoms with E-state index in [1.165, 1.54) is 10.5 Å². The normalized spacial score (nSPS) is 15.8. The minimum Gasteiger partial charge on any atom is -0.351 e. The van der Waals surface area contributed by atoms with Gasteiger partial charge in [0.2, 0.25) is 10.0 Å². The van der Waals surface area contributed by atoms with Crippen molar-refractivity contribution < 1.29 is 13.2 Å². The minimum atomic E-state index is -3.34. The summed E-state index contributed by atoms with van der Waals surface area (Å²) in [5.74, 6) is 0.607. The smallest absolute Gasteiger partial charge is 0.251 e. The minimum absolute atomic E-state index is 0.0359. The molecule has 0 aromatic heterocycles. The summed E-state index contributed by atoms with van der Waals surface area (Å²) in [7, 11) is -1.34. The van der Waals surface area contributed by atoms with Crippen LogP contribution < -0.4 is 5.32 Å². The molecule has 2 aromatic rings. The van der Waals surface area contributed by atoms with Crippen molar-refractivity contribution >= 4 is 27.7 Å². The number of likely N-dealkylation sites (N-methyl/N-ethyl adjacent to an activating group) is 1. The molecule has 0 atom stereocenters. The van der Waals surface area contributed by atoms with Crippen LogP contribution >= 0.6 is 11.8 Å². The molecule has 0 aliphatic carbocycles. The Hall–Kier alpha value is -1.87. The number of nitrogens with zero attached hydrogens (tertiary/aromatic N) is 2. The summed E-state index contributed by atoms with van der Waals surface area (Å²) >= 11 is 1.70. The van der Waals surface area contributed by atoms with Crippen LogP contribution in [0.2, 0.25) is 0 Å². The lowest BCUT2D eigenvalue weighted by Crippen LogP contribution is -2.47. The molecule has 2 aromatic carbocycles. The van der Waals surface area contributed by atoms with Gasteiger partial charge < -0.3 is 10.2 Å². The van der Waals surface area contributed by atoms with E-state index in [9.17, 15) is 13.2 Å². The Bertz CT molecular complexity index is 937. The average Bonchev–Trinajstić information content (AvgIpc) is 2.73. The predicted molar refractivity (Wildman–Crippen MR) is 122 cm³/mol. The Morgan fingerprint density at radius 2 is 1.63 bits per heavy atom. The second-order valence-corrected chi connectivity index (χ2v) is 10.7. The molecule has 0 saturated carbocycles. The van der Waals surface area contributed by atoms with Crippen LogP contribution in [0.5, 0.6) is 0 Å². The van der Waals surface area contributed by atoms with E-state index in [4.69, 9.17) is 0 Å². The van der Waals surface area contributed by atoms with Crippen molar-refractivity contribution in [2.75, 3.05) is 45.5 Å². The standard InChI is InChI=1S/C22H29N3O3S2/c1-18-3-9-21(10-4-18)29-16-11-23-22(26)20-7-5-19(6-8-20)17-30(27,28)25-14-12-24(2)13-15-25/h3-10H,11-17H2,1-2H3,(H,23,26). The first-order valence-corrected chi connectivity index (χ1v) is 12.7. The Kier molecular flexibility index (Phi) is 7.93. The van der Waals surface area contributed by atoms with Crippen LogP contribution in [0.25, 0.3) is 0 Å². The number of hydrogen-bond acceptors (Lipinski definition) is 5. The van der Waals surface area contributed by atoms with Crippen molar-refractivity contribution in [2.45, 2.75) is 17.6 Å². The fraction of sp³-hybridized carbons (Fsp3) is 0.409. The predicted octanol–water partition coefficient (Wildman–Crippen LogP) is 2.59. The van der Waals surface area contributed by atoms with Crippen molar-refractivity contribution in [2.24, 2.45) is 0 Å². The van der Waals surface area contributed by atoms with Gasteiger partial charge in [-0.3, -0.25) is 4.79 Å². The van der Waals surface area contributed by atoms with E-state index in [1.807, 2.05) is 7.05 Å². The zero-order valence-corrected chi connectivity index (χ0v) is 19.1. The van der Waals surface area contributed by atoms with Crippen LogP contribution in [0.15, 0.2) is 53.4 Å². The third kappa shape index (κ3) is 6.57. The number of amides is 1. The molecule has 1 N–H and O–H groups in total. The second-order valence-electron chi connectivity index (χ2n) is 7.57. The highest BCUT2D eigenvalue weighted by Gasteiger charge is 2.25. The van der Waals surface area contributed by atoms with Crippen LogP contribution in [-0.2, 0) is 15.8 Å². The number of hydrogen-bond donors (Lipinski definition) is 1. The summed E-state index contributed by atoms with van der Waals surface area (Å²) in [6.07, 6.45) is 0. The molecule has 0 bridgehead atoms. The van der Waals surface area contributed by atoms with Gasteiger partial charge in [-0.15, -0.1) is 11.8 Å². The van der Waals surface area contributed by atoms with Crippen molar-refractivity contribution in [1.82, 2.24) is 14.5 Å². The summed E-state index contributed by atoms with van der Waals surface area (Å²) < 4.78 is 26.8. The van der Waals surface area contributed by atoms with Crippen LogP contribution in [0.4, 0.5) is 0 Å². The monoisotopic (exact) mass is 447 g/mol. The average molecular weight is 448 g/mol. The number of piperazine rings is 1. The van der Waals surface area contributed by atoms with E-state index in [0.717, 1.165) is 18.8 Å². The lowest BCUT2D eigenvalue weighted by atomic mass is 10.1. The van der Waals surface area contributed by atoms with Crippen molar-refractivity contribution in [1.29, 1.82) is 0 Å². The zero-order valence-electron chi connectivity index (χ0n) is 17.5. The van der Waals surface area contributed by atoms with Gasteiger partial charge in [0.05, 0.1) is 5.75 Å². The van der Waals surface area contributed by atoms with E-state index in [1.54, 1.807) is 40.3 Å². The summed E-state index contributed by atoms with van der Waals surface area (Å²) in [5.41, 5.74) is 2.46. The number of rotatable bonds is 8. The van der Waals surface area contributed by atoms with Gasteiger partial charge in [0, 0.05) is 48.9 Å². The molecule has 6 nitrogen and oxygen atoms in total. The SMILES string of the molecule is Cc1ccc(SCCNC(=O)c2ccc(CS(=O)(=O)N3CCN(C)CC3)cc2)cc1.